The van der Waals surface area contributed by atoms with Gasteiger partial charge in [0.25, 0.3) is 5.91 Å². The molecule has 1 atom stereocenters. The van der Waals surface area contributed by atoms with Gasteiger partial charge in [-0.3, -0.25) is 4.79 Å². The van der Waals surface area contributed by atoms with Gasteiger partial charge in [0.1, 0.15) is 0 Å². The molecule has 0 aromatic heterocycles. The number of carbonyl (C=O) groups excluding carboxylic acids is 2. The van der Waals surface area contributed by atoms with Crippen LogP contribution in [0.2, 0.25) is 0 Å². The van der Waals surface area contributed by atoms with Gasteiger partial charge in [0, 0.05) is 24.7 Å². The van der Waals surface area contributed by atoms with Crippen LogP contribution in [-0.4, -0.2) is 18.5 Å². The lowest BCUT2D eigenvalue weighted by atomic mass is 9.99. The van der Waals surface area contributed by atoms with Crippen LogP contribution < -0.4 is 22.1 Å². The number of urea groups is 1. The summed E-state index contributed by atoms with van der Waals surface area (Å²) in [6.45, 7) is 4.97. The molecule has 0 spiro atoms. The van der Waals surface area contributed by atoms with Gasteiger partial charge in [0.2, 0.25) is 0 Å². The fraction of sp³-hybridized carbons (Fsp3) is 0.300. The topological polar surface area (TPSA) is 110 Å². The normalized spacial score (nSPS) is 11.4. The number of rotatable bonds is 7. The highest BCUT2D eigenvalue weighted by molar-refractivity contribution is 5.94. The van der Waals surface area contributed by atoms with E-state index < -0.39 is 6.03 Å². The summed E-state index contributed by atoms with van der Waals surface area (Å²) in [6, 6.07) is 14.3. The number of nitrogens with one attached hydrogen (secondary N) is 2. The highest BCUT2D eigenvalue weighted by Crippen LogP contribution is 2.17. The van der Waals surface area contributed by atoms with Crippen molar-refractivity contribution in [2.45, 2.75) is 32.4 Å². The average Bonchev–Trinajstić information content (AvgIpc) is 2.64. The van der Waals surface area contributed by atoms with Crippen LogP contribution in [0.25, 0.3) is 0 Å². The zero-order chi connectivity index (χ0) is 19.1. The van der Waals surface area contributed by atoms with Gasteiger partial charge >= 0.3 is 6.03 Å². The Kier molecular flexibility index (Phi) is 8.78. The maximum Gasteiger partial charge on any atom is 0.312 e. The Morgan fingerprint density at radius 3 is 2.00 bits per heavy atom. The predicted octanol–water partition coefficient (Wildman–Crippen LogP) is 2.83. The molecule has 1 unspecified atom stereocenters. The zero-order valence-corrected chi connectivity index (χ0v) is 16.4. The van der Waals surface area contributed by atoms with Crippen LogP contribution in [0.1, 0.15) is 52.9 Å². The molecule has 0 saturated heterocycles. The van der Waals surface area contributed by atoms with Crippen LogP contribution in [0, 0.1) is 0 Å². The van der Waals surface area contributed by atoms with Gasteiger partial charge in [-0.15, -0.1) is 12.4 Å². The summed E-state index contributed by atoms with van der Waals surface area (Å²) in [7, 11) is 0. The Balaban J connectivity index is 0.00000364. The number of halogens is 1. The first-order valence-corrected chi connectivity index (χ1v) is 8.62. The Morgan fingerprint density at radius 1 is 0.926 bits per heavy atom. The Morgan fingerprint density at radius 2 is 1.48 bits per heavy atom. The van der Waals surface area contributed by atoms with Crippen molar-refractivity contribution in [3.63, 3.8) is 0 Å². The minimum atomic E-state index is -0.581. The van der Waals surface area contributed by atoms with E-state index >= 15 is 0 Å². The van der Waals surface area contributed by atoms with E-state index in [0.717, 1.165) is 11.1 Å². The van der Waals surface area contributed by atoms with E-state index in [1.165, 1.54) is 5.56 Å². The molecular formula is C20H27ClN4O2. The smallest absolute Gasteiger partial charge is 0.312 e. The highest BCUT2D eigenvalue weighted by Gasteiger charge is 2.10. The van der Waals surface area contributed by atoms with Gasteiger partial charge in [-0.2, -0.15) is 0 Å². The quantitative estimate of drug-likeness (QED) is 0.583. The first-order valence-electron chi connectivity index (χ1n) is 8.62. The Bertz CT molecular complexity index is 746. The molecule has 0 fully saturated rings. The molecule has 7 heteroatoms. The molecule has 2 rings (SSSR count). The van der Waals surface area contributed by atoms with E-state index in [4.69, 9.17) is 11.5 Å². The molecule has 6 N–H and O–H groups in total. The molecule has 6 nitrogen and oxygen atoms in total. The molecule has 27 heavy (non-hydrogen) atoms. The summed E-state index contributed by atoms with van der Waals surface area (Å²) in [4.78, 5) is 22.9. The monoisotopic (exact) mass is 390 g/mol. The molecule has 0 bridgehead atoms. The molecular weight excluding hydrogens is 364 g/mol. The number of carbonyl (C=O) groups is 2. The van der Waals surface area contributed by atoms with Crippen molar-refractivity contribution < 1.29 is 9.59 Å². The largest absolute Gasteiger partial charge is 0.352 e. The molecule has 0 aliphatic carbocycles. The van der Waals surface area contributed by atoms with Gasteiger partial charge in [0.15, 0.2) is 0 Å². The van der Waals surface area contributed by atoms with Gasteiger partial charge < -0.3 is 22.1 Å². The van der Waals surface area contributed by atoms with Crippen molar-refractivity contribution in [2.24, 2.45) is 11.5 Å². The molecule has 0 aliphatic rings. The minimum absolute atomic E-state index is 0. The molecule has 0 aliphatic heterocycles. The fourth-order valence-corrected chi connectivity index (χ4v) is 2.51. The van der Waals surface area contributed by atoms with Crippen LogP contribution in [0.4, 0.5) is 4.79 Å². The van der Waals surface area contributed by atoms with E-state index in [9.17, 15) is 9.59 Å². The number of primary amides is 1. The highest BCUT2D eigenvalue weighted by atomic mass is 35.5. The van der Waals surface area contributed by atoms with Gasteiger partial charge in [-0.25, -0.2) is 4.79 Å². The molecule has 146 valence electrons. The predicted molar refractivity (Wildman–Crippen MR) is 110 cm³/mol. The fourth-order valence-electron chi connectivity index (χ4n) is 2.51. The number of nitrogens with two attached hydrogens (primary N) is 2. The minimum Gasteiger partial charge on any atom is -0.352 e. The molecule has 2 aromatic carbocycles. The third-order valence-electron chi connectivity index (χ3n) is 4.20. The van der Waals surface area contributed by atoms with E-state index in [2.05, 4.69) is 36.6 Å². The van der Waals surface area contributed by atoms with Crippen LogP contribution in [-0.2, 0) is 6.54 Å². The van der Waals surface area contributed by atoms with E-state index in [1.54, 1.807) is 24.3 Å². The average molecular weight is 391 g/mol. The lowest BCUT2D eigenvalue weighted by Gasteiger charge is -2.15. The number of hydrogen-bond donors (Lipinski definition) is 4. The molecule has 0 saturated carbocycles. The van der Waals surface area contributed by atoms with Crippen molar-refractivity contribution >= 4 is 24.3 Å². The van der Waals surface area contributed by atoms with Crippen LogP contribution in [0.3, 0.4) is 0 Å². The number of hydrogen-bond acceptors (Lipinski definition) is 3. The molecule has 3 amide bonds. The van der Waals surface area contributed by atoms with Gasteiger partial charge in [0.05, 0.1) is 0 Å². The van der Waals surface area contributed by atoms with Gasteiger partial charge in [-0.05, 0) is 34.7 Å². The van der Waals surface area contributed by atoms with Gasteiger partial charge in [-0.1, -0.05) is 50.2 Å². The zero-order valence-electron chi connectivity index (χ0n) is 15.6. The summed E-state index contributed by atoms with van der Waals surface area (Å²) in [6.07, 6.45) is 0. The maximum absolute atomic E-state index is 12.2. The molecule has 2 aromatic rings. The second-order valence-electron chi connectivity index (χ2n) is 6.55. The lowest BCUT2D eigenvalue weighted by molar-refractivity contribution is 0.0951. The summed E-state index contributed by atoms with van der Waals surface area (Å²) in [5.74, 6) is 0.287. The van der Waals surface area contributed by atoms with E-state index in [0.29, 0.717) is 24.6 Å². The molecule has 0 radical (unpaired) electrons. The third kappa shape index (κ3) is 6.92. The third-order valence-corrected chi connectivity index (χ3v) is 4.20. The second-order valence-corrected chi connectivity index (χ2v) is 6.55. The maximum atomic E-state index is 12.2. The second kappa shape index (κ2) is 10.5. The van der Waals surface area contributed by atoms with Crippen molar-refractivity contribution in [3.05, 3.63) is 70.8 Å². The molecule has 0 heterocycles. The number of amides is 3. The Hall–Kier alpha value is -2.57. The van der Waals surface area contributed by atoms with Crippen LogP contribution in [0.5, 0.6) is 0 Å². The van der Waals surface area contributed by atoms with Crippen LogP contribution >= 0.6 is 12.4 Å². The first kappa shape index (κ1) is 22.5. The van der Waals surface area contributed by atoms with Crippen molar-refractivity contribution in [2.75, 3.05) is 6.54 Å². The standard InChI is InChI=1S/C20H26N4O2.ClH/c1-13(2)15-7-9-16(10-8-15)18(21)12-23-19(25)17-5-3-14(4-6-17)11-24-20(22)26;/h3-10,13,18H,11-12,21H2,1-2H3,(H,23,25)(H3,22,24,26);1H. The summed E-state index contributed by atoms with van der Waals surface area (Å²) < 4.78 is 0. The summed E-state index contributed by atoms with van der Waals surface area (Å²) in [5, 5.41) is 5.35. The SMILES string of the molecule is CC(C)c1ccc(C(N)CNC(=O)c2ccc(CNC(N)=O)cc2)cc1.Cl. The van der Waals surface area contributed by atoms with Crippen molar-refractivity contribution in [3.8, 4) is 0 Å². The van der Waals surface area contributed by atoms with Crippen molar-refractivity contribution in [1.82, 2.24) is 10.6 Å². The number of benzene rings is 2. The first-order chi connectivity index (χ1) is 12.4. The lowest BCUT2D eigenvalue weighted by Crippen LogP contribution is -2.32. The van der Waals surface area contributed by atoms with Crippen LogP contribution in [0.15, 0.2) is 48.5 Å². The summed E-state index contributed by atoms with van der Waals surface area (Å²) in [5.41, 5.74) is 14.9. The van der Waals surface area contributed by atoms with E-state index in [-0.39, 0.29) is 24.4 Å². The van der Waals surface area contributed by atoms with E-state index in [1.807, 2.05) is 12.1 Å². The summed E-state index contributed by atoms with van der Waals surface area (Å²) >= 11 is 0. The van der Waals surface area contributed by atoms with Crippen molar-refractivity contribution in [1.29, 1.82) is 0 Å². The Labute approximate surface area is 166 Å².